The number of para-hydroxylation sites is 3. The Morgan fingerprint density at radius 1 is 1.00 bits per heavy atom. The second kappa shape index (κ2) is 6.35. The summed E-state index contributed by atoms with van der Waals surface area (Å²) in [5, 5.41) is 2.96. The molecule has 0 spiro atoms. The number of hydrogen-bond acceptors (Lipinski definition) is 2. The van der Waals surface area contributed by atoms with Crippen molar-refractivity contribution < 1.29 is 4.79 Å². The summed E-state index contributed by atoms with van der Waals surface area (Å²) in [6, 6.07) is 18.2. The Kier molecular flexibility index (Phi) is 3.91. The molecule has 0 saturated carbocycles. The van der Waals surface area contributed by atoms with E-state index < -0.39 is 0 Å². The lowest BCUT2D eigenvalue weighted by Crippen LogP contribution is -2.41. The minimum absolute atomic E-state index is 0.0184. The van der Waals surface area contributed by atoms with Gasteiger partial charge in [0.25, 0.3) is 0 Å². The number of carbonyl (C=O) groups is 1. The molecule has 1 N–H and O–H groups in total. The number of nitrogens with zero attached hydrogens (tertiary/aromatic N) is 3. The van der Waals surface area contributed by atoms with Gasteiger partial charge in [-0.3, -0.25) is 0 Å². The number of anilines is 1. The lowest BCUT2D eigenvalue weighted by molar-refractivity contribution is 0.184. The molecule has 0 bridgehead atoms. The SMILES string of the molecule is O=C(Nc1ccccc1)N1CCC(n2cnc3ccccc32)CC1. The van der Waals surface area contributed by atoms with Gasteiger partial charge in [0.1, 0.15) is 0 Å². The molecule has 5 nitrogen and oxygen atoms in total. The summed E-state index contributed by atoms with van der Waals surface area (Å²) in [4.78, 5) is 18.7. The third-order valence-corrected chi connectivity index (χ3v) is 4.65. The summed E-state index contributed by atoms with van der Waals surface area (Å²) in [7, 11) is 0. The van der Waals surface area contributed by atoms with Gasteiger partial charge in [-0.05, 0) is 37.1 Å². The third kappa shape index (κ3) is 2.85. The molecule has 4 rings (SSSR count). The number of nitrogens with one attached hydrogen (secondary N) is 1. The first kappa shape index (κ1) is 14.8. The van der Waals surface area contributed by atoms with E-state index in [2.05, 4.69) is 20.9 Å². The molecule has 2 amide bonds. The highest BCUT2D eigenvalue weighted by atomic mass is 16.2. The Hall–Kier alpha value is -2.82. The van der Waals surface area contributed by atoms with Crippen molar-refractivity contribution in [2.75, 3.05) is 18.4 Å². The smallest absolute Gasteiger partial charge is 0.321 e. The number of imidazole rings is 1. The molecule has 24 heavy (non-hydrogen) atoms. The van der Waals surface area contributed by atoms with Gasteiger partial charge < -0.3 is 14.8 Å². The summed E-state index contributed by atoms with van der Waals surface area (Å²) in [6.45, 7) is 1.52. The number of fused-ring (bicyclic) bond motifs is 1. The van der Waals surface area contributed by atoms with Crippen molar-refractivity contribution in [1.82, 2.24) is 14.5 Å². The fourth-order valence-corrected chi connectivity index (χ4v) is 3.34. The van der Waals surface area contributed by atoms with Gasteiger partial charge in [-0.2, -0.15) is 0 Å². The van der Waals surface area contributed by atoms with Gasteiger partial charge >= 0.3 is 6.03 Å². The minimum Gasteiger partial charge on any atom is -0.327 e. The number of hydrogen-bond donors (Lipinski definition) is 1. The van der Waals surface area contributed by atoms with Crippen LogP contribution >= 0.6 is 0 Å². The van der Waals surface area contributed by atoms with E-state index in [-0.39, 0.29) is 6.03 Å². The van der Waals surface area contributed by atoms with Gasteiger partial charge in [-0.15, -0.1) is 0 Å². The zero-order valence-electron chi connectivity index (χ0n) is 13.4. The summed E-state index contributed by atoms with van der Waals surface area (Å²) >= 11 is 0. The predicted molar refractivity (Wildman–Crippen MR) is 95.0 cm³/mol. The van der Waals surface area contributed by atoms with E-state index in [4.69, 9.17) is 0 Å². The first-order chi connectivity index (χ1) is 11.8. The second-order valence-corrected chi connectivity index (χ2v) is 6.15. The standard InChI is InChI=1S/C19H20N4O/c24-19(21-15-6-2-1-3-7-15)22-12-10-16(11-13-22)23-14-20-17-8-4-5-9-18(17)23/h1-9,14,16H,10-13H2,(H,21,24). The Morgan fingerprint density at radius 2 is 1.71 bits per heavy atom. The summed E-state index contributed by atoms with van der Waals surface area (Å²) in [6.07, 6.45) is 3.82. The van der Waals surface area contributed by atoms with Crippen LogP contribution in [0, 0.1) is 0 Å². The van der Waals surface area contributed by atoms with Crippen LogP contribution in [0.3, 0.4) is 0 Å². The maximum atomic E-state index is 12.4. The zero-order valence-corrected chi connectivity index (χ0v) is 13.4. The van der Waals surface area contributed by atoms with Crippen molar-refractivity contribution in [2.24, 2.45) is 0 Å². The third-order valence-electron chi connectivity index (χ3n) is 4.65. The van der Waals surface area contributed by atoms with Crippen LogP contribution in [-0.2, 0) is 0 Å². The van der Waals surface area contributed by atoms with Gasteiger partial charge in [-0.25, -0.2) is 9.78 Å². The molecule has 0 atom stereocenters. The summed E-state index contributed by atoms with van der Waals surface area (Å²) in [5.74, 6) is 0. The van der Waals surface area contributed by atoms with Crippen molar-refractivity contribution in [1.29, 1.82) is 0 Å². The molecule has 1 aliphatic heterocycles. The quantitative estimate of drug-likeness (QED) is 0.778. The molecule has 2 heterocycles. The summed E-state index contributed by atoms with van der Waals surface area (Å²) in [5.41, 5.74) is 3.04. The average molecular weight is 320 g/mol. The molecule has 3 aromatic rings. The van der Waals surface area contributed by atoms with Gasteiger partial charge in [0.2, 0.25) is 0 Å². The Balaban J connectivity index is 1.41. The van der Waals surface area contributed by atoms with E-state index in [0.717, 1.165) is 37.1 Å². The molecule has 1 aromatic heterocycles. The van der Waals surface area contributed by atoms with Crippen LogP contribution in [0.5, 0.6) is 0 Å². The number of carbonyl (C=O) groups excluding carboxylic acids is 1. The van der Waals surface area contributed by atoms with Crippen molar-refractivity contribution >= 4 is 22.8 Å². The van der Waals surface area contributed by atoms with Crippen LogP contribution in [0.1, 0.15) is 18.9 Å². The van der Waals surface area contributed by atoms with Crippen molar-refractivity contribution in [3.8, 4) is 0 Å². The molecule has 1 saturated heterocycles. The molecule has 0 aliphatic carbocycles. The number of aromatic nitrogens is 2. The highest BCUT2D eigenvalue weighted by Crippen LogP contribution is 2.26. The molecule has 2 aromatic carbocycles. The number of rotatable bonds is 2. The fourth-order valence-electron chi connectivity index (χ4n) is 3.34. The Bertz CT molecular complexity index is 835. The monoisotopic (exact) mass is 320 g/mol. The number of benzene rings is 2. The zero-order chi connectivity index (χ0) is 16.4. The summed E-state index contributed by atoms with van der Waals surface area (Å²) < 4.78 is 2.25. The van der Waals surface area contributed by atoms with Crippen LogP contribution in [0.2, 0.25) is 0 Å². The largest absolute Gasteiger partial charge is 0.327 e. The molecule has 5 heteroatoms. The van der Waals surface area contributed by atoms with Gasteiger partial charge in [0, 0.05) is 24.8 Å². The number of urea groups is 1. The van der Waals surface area contributed by atoms with E-state index in [1.165, 1.54) is 5.52 Å². The highest BCUT2D eigenvalue weighted by Gasteiger charge is 2.24. The van der Waals surface area contributed by atoms with Crippen LogP contribution < -0.4 is 5.32 Å². The molecule has 122 valence electrons. The lowest BCUT2D eigenvalue weighted by atomic mass is 10.0. The molecular formula is C19H20N4O. The van der Waals surface area contributed by atoms with Gasteiger partial charge in [-0.1, -0.05) is 30.3 Å². The van der Waals surface area contributed by atoms with E-state index in [0.29, 0.717) is 6.04 Å². The molecule has 0 radical (unpaired) electrons. The lowest BCUT2D eigenvalue weighted by Gasteiger charge is -2.32. The molecule has 1 aliphatic rings. The van der Waals surface area contributed by atoms with E-state index in [1.54, 1.807) is 0 Å². The van der Waals surface area contributed by atoms with Crippen LogP contribution in [0.15, 0.2) is 60.9 Å². The maximum absolute atomic E-state index is 12.4. The molecule has 1 fully saturated rings. The predicted octanol–water partition coefficient (Wildman–Crippen LogP) is 3.91. The van der Waals surface area contributed by atoms with Gasteiger partial charge in [0.05, 0.1) is 17.4 Å². The number of likely N-dealkylation sites (tertiary alicyclic amines) is 1. The first-order valence-corrected chi connectivity index (χ1v) is 8.34. The number of amides is 2. The molecule has 0 unspecified atom stereocenters. The normalized spacial score (nSPS) is 15.6. The number of piperidine rings is 1. The van der Waals surface area contributed by atoms with Crippen molar-refractivity contribution in [2.45, 2.75) is 18.9 Å². The fraction of sp³-hybridized carbons (Fsp3) is 0.263. The van der Waals surface area contributed by atoms with Crippen LogP contribution in [0.25, 0.3) is 11.0 Å². The minimum atomic E-state index is -0.0184. The van der Waals surface area contributed by atoms with Crippen molar-refractivity contribution in [3.05, 3.63) is 60.9 Å². The Morgan fingerprint density at radius 3 is 2.50 bits per heavy atom. The van der Waals surface area contributed by atoms with E-state index in [9.17, 15) is 4.79 Å². The highest BCUT2D eigenvalue weighted by molar-refractivity contribution is 5.89. The maximum Gasteiger partial charge on any atom is 0.321 e. The van der Waals surface area contributed by atoms with E-state index in [1.807, 2.05) is 59.8 Å². The second-order valence-electron chi connectivity index (χ2n) is 6.15. The van der Waals surface area contributed by atoms with Gasteiger partial charge in [0.15, 0.2) is 0 Å². The average Bonchev–Trinajstić information content (AvgIpc) is 3.07. The van der Waals surface area contributed by atoms with Crippen LogP contribution in [0.4, 0.5) is 10.5 Å². The van der Waals surface area contributed by atoms with E-state index >= 15 is 0 Å². The Labute approximate surface area is 140 Å². The van der Waals surface area contributed by atoms with Crippen LogP contribution in [-0.4, -0.2) is 33.6 Å². The van der Waals surface area contributed by atoms with Crippen molar-refractivity contribution in [3.63, 3.8) is 0 Å². The molecular weight excluding hydrogens is 300 g/mol. The first-order valence-electron chi connectivity index (χ1n) is 8.34. The topological polar surface area (TPSA) is 50.2 Å².